The van der Waals surface area contributed by atoms with Crippen molar-refractivity contribution in [3.05, 3.63) is 102 Å². The molecule has 0 amide bonds. The Bertz CT molecular complexity index is 893. The van der Waals surface area contributed by atoms with Crippen molar-refractivity contribution in [3.8, 4) is 0 Å². The Labute approximate surface area is 160 Å². The van der Waals surface area contributed by atoms with Gasteiger partial charge < -0.3 is 9.64 Å². The van der Waals surface area contributed by atoms with Crippen LogP contribution in [0.15, 0.2) is 84.9 Å². The van der Waals surface area contributed by atoms with Crippen LogP contribution in [-0.2, 0) is 29.1 Å². The molecule has 3 aromatic carbocycles. The molecule has 0 radical (unpaired) electrons. The van der Waals surface area contributed by atoms with Crippen LogP contribution in [0, 0.1) is 5.92 Å². The molecule has 3 heteroatoms. The van der Waals surface area contributed by atoms with Crippen molar-refractivity contribution in [2.75, 3.05) is 11.4 Å². The lowest BCUT2D eigenvalue weighted by Gasteiger charge is -2.35. The monoisotopic (exact) mass is 357 g/mol. The summed E-state index contributed by atoms with van der Waals surface area (Å²) in [5, 5.41) is 0. The quantitative estimate of drug-likeness (QED) is 0.625. The molecule has 1 aliphatic heterocycles. The van der Waals surface area contributed by atoms with Crippen LogP contribution in [0.25, 0.3) is 0 Å². The fourth-order valence-electron chi connectivity index (χ4n) is 3.64. The fraction of sp³-hybridized carbons (Fsp3) is 0.208. The second-order valence-corrected chi connectivity index (χ2v) is 6.99. The van der Waals surface area contributed by atoms with Crippen LogP contribution in [0.4, 0.5) is 5.69 Å². The van der Waals surface area contributed by atoms with Gasteiger partial charge in [-0.25, -0.2) is 0 Å². The second kappa shape index (κ2) is 8.09. The number of esters is 1. The first-order valence-electron chi connectivity index (χ1n) is 9.37. The molecule has 0 aromatic heterocycles. The van der Waals surface area contributed by atoms with Crippen molar-refractivity contribution < 1.29 is 9.53 Å². The number of anilines is 1. The van der Waals surface area contributed by atoms with E-state index in [0.717, 1.165) is 18.5 Å². The molecule has 4 rings (SSSR count). The summed E-state index contributed by atoms with van der Waals surface area (Å²) in [6.45, 7) is 1.80. The van der Waals surface area contributed by atoms with E-state index in [4.69, 9.17) is 4.74 Å². The molecule has 0 aliphatic carbocycles. The van der Waals surface area contributed by atoms with Crippen LogP contribution in [0.2, 0.25) is 0 Å². The van der Waals surface area contributed by atoms with Gasteiger partial charge in [-0.3, -0.25) is 4.79 Å². The summed E-state index contributed by atoms with van der Waals surface area (Å²) in [7, 11) is 0. The van der Waals surface area contributed by atoms with Crippen LogP contribution in [0.5, 0.6) is 0 Å². The molecule has 0 saturated carbocycles. The molecule has 0 bridgehead atoms. The Balaban J connectivity index is 1.49. The highest BCUT2D eigenvalue weighted by molar-refractivity contribution is 5.76. The van der Waals surface area contributed by atoms with E-state index in [9.17, 15) is 4.79 Å². The third kappa shape index (κ3) is 4.20. The average Bonchev–Trinajstić information content (AvgIpc) is 2.73. The summed E-state index contributed by atoms with van der Waals surface area (Å²) in [6.07, 6.45) is 0.731. The van der Waals surface area contributed by atoms with Crippen molar-refractivity contribution in [1.29, 1.82) is 0 Å². The topological polar surface area (TPSA) is 29.5 Å². The molecule has 0 spiro atoms. The smallest absolute Gasteiger partial charge is 0.311 e. The minimum absolute atomic E-state index is 0.119. The number of para-hydroxylation sites is 1. The van der Waals surface area contributed by atoms with Gasteiger partial charge in [0, 0.05) is 18.8 Å². The molecule has 1 aliphatic rings. The summed E-state index contributed by atoms with van der Waals surface area (Å²) < 4.78 is 5.62. The molecule has 3 nitrogen and oxygen atoms in total. The number of rotatable bonds is 5. The minimum atomic E-state index is -0.146. The van der Waals surface area contributed by atoms with Crippen molar-refractivity contribution in [3.63, 3.8) is 0 Å². The maximum Gasteiger partial charge on any atom is 0.311 e. The first kappa shape index (κ1) is 17.3. The van der Waals surface area contributed by atoms with Crippen LogP contribution in [0.1, 0.15) is 16.7 Å². The molecule has 0 unspecified atom stereocenters. The lowest BCUT2D eigenvalue weighted by atomic mass is 9.92. The standard InChI is InChI=1S/C24H23NO2/c26-24(27-18-20-11-5-2-6-12-20)22-15-21-13-7-8-14-23(21)25(17-22)16-19-9-3-1-4-10-19/h1-14,22H,15-18H2/t22-/m0/s1. The van der Waals surface area contributed by atoms with Crippen molar-refractivity contribution in [2.24, 2.45) is 5.92 Å². The molecular weight excluding hydrogens is 334 g/mol. The van der Waals surface area contributed by atoms with Crippen molar-refractivity contribution >= 4 is 11.7 Å². The van der Waals surface area contributed by atoms with Gasteiger partial charge in [-0.1, -0.05) is 78.9 Å². The van der Waals surface area contributed by atoms with Crippen molar-refractivity contribution in [2.45, 2.75) is 19.6 Å². The van der Waals surface area contributed by atoms with Gasteiger partial charge in [0.1, 0.15) is 6.61 Å². The molecule has 0 saturated heterocycles. The molecule has 136 valence electrons. The zero-order chi connectivity index (χ0) is 18.5. The molecule has 1 heterocycles. The Hall–Kier alpha value is -3.07. The number of hydrogen-bond donors (Lipinski definition) is 0. The van der Waals surface area contributed by atoms with E-state index in [1.807, 2.05) is 42.5 Å². The number of carbonyl (C=O) groups is 1. The predicted octanol–water partition coefficient (Wildman–Crippen LogP) is 4.61. The van der Waals surface area contributed by atoms with Gasteiger partial charge in [0.05, 0.1) is 5.92 Å². The van der Waals surface area contributed by atoms with Gasteiger partial charge in [0.2, 0.25) is 0 Å². The lowest BCUT2D eigenvalue weighted by Crippen LogP contribution is -2.39. The van der Waals surface area contributed by atoms with E-state index in [1.165, 1.54) is 16.8 Å². The van der Waals surface area contributed by atoms with Gasteiger partial charge in [-0.2, -0.15) is 0 Å². The van der Waals surface area contributed by atoms with E-state index < -0.39 is 0 Å². The number of hydrogen-bond acceptors (Lipinski definition) is 3. The highest BCUT2D eigenvalue weighted by Gasteiger charge is 2.30. The highest BCUT2D eigenvalue weighted by atomic mass is 16.5. The summed E-state index contributed by atoms with van der Waals surface area (Å²) in [4.78, 5) is 15.0. The third-order valence-electron chi connectivity index (χ3n) is 5.01. The largest absolute Gasteiger partial charge is 0.461 e. The third-order valence-corrected chi connectivity index (χ3v) is 5.01. The summed E-state index contributed by atoms with van der Waals surface area (Å²) >= 11 is 0. The number of nitrogens with zero attached hydrogens (tertiary/aromatic N) is 1. The van der Waals surface area contributed by atoms with Gasteiger partial charge >= 0.3 is 5.97 Å². The minimum Gasteiger partial charge on any atom is -0.461 e. The van der Waals surface area contributed by atoms with Gasteiger partial charge in [-0.15, -0.1) is 0 Å². The molecule has 0 fully saturated rings. The first-order chi connectivity index (χ1) is 13.3. The lowest BCUT2D eigenvalue weighted by molar-refractivity contribution is -0.149. The van der Waals surface area contributed by atoms with E-state index in [0.29, 0.717) is 13.2 Å². The summed E-state index contributed by atoms with van der Waals surface area (Å²) in [5.74, 6) is -0.265. The zero-order valence-corrected chi connectivity index (χ0v) is 15.3. The van der Waals surface area contributed by atoms with E-state index in [1.54, 1.807) is 0 Å². The normalized spacial score (nSPS) is 15.9. The highest BCUT2D eigenvalue weighted by Crippen LogP contribution is 2.31. The van der Waals surface area contributed by atoms with Gasteiger partial charge in [-0.05, 0) is 29.2 Å². The van der Waals surface area contributed by atoms with E-state index in [2.05, 4.69) is 47.4 Å². The van der Waals surface area contributed by atoms with Gasteiger partial charge in [0.25, 0.3) is 0 Å². The summed E-state index contributed by atoms with van der Waals surface area (Å²) in [5.41, 5.74) is 4.68. The number of fused-ring (bicyclic) bond motifs is 1. The predicted molar refractivity (Wildman–Crippen MR) is 107 cm³/mol. The Morgan fingerprint density at radius 2 is 1.48 bits per heavy atom. The number of ether oxygens (including phenoxy) is 1. The second-order valence-electron chi connectivity index (χ2n) is 6.99. The number of benzene rings is 3. The van der Waals surface area contributed by atoms with Crippen LogP contribution in [-0.4, -0.2) is 12.5 Å². The summed E-state index contributed by atoms with van der Waals surface area (Å²) in [6, 6.07) is 28.6. The van der Waals surface area contributed by atoms with Gasteiger partial charge in [0.15, 0.2) is 0 Å². The maximum atomic E-state index is 12.7. The van der Waals surface area contributed by atoms with E-state index in [-0.39, 0.29) is 11.9 Å². The van der Waals surface area contributed by atoms with Crippen molar-refractivity contribution in [1.82, 2.24) is 0 Å². The Morgan fingerprint density at radius 3 is 2.22 bits per heavy atom. The first-order valence-corrected chi connectivity index (χ1v) is 9.37. The van der Waals surface area contributed by atoms with Crippen LogP contribution >= 0.6 is 0 Å². The molecule has 3 aromatic rings. The average molecular weight is 357 g/mol. The van der Waals surface area contributed by atoms with Crippen LogP contribution < -0.4 is 4.90 Å². The van der Waals surface area contributed by atoms with Crippen LogP contribution in [0.3, 0.4) is 0 Å². The Morgan fingerprint density at radius 1 is 0.852 bits per heavy atom. The molecular formula is C24H23NO2. The fourth-order valence-corrected chi connectivity index (χ4v) is 3.64. The zero-order valence-electron chi connectivity index (χ0n) is 15.3. The SMILES string of the molecule is O=C(OCc1ccccc1)[C@H]1Cc2ccccc2N(Cc2ccccc2)C1. The van der Waals surface area contributed by atoms with E-state index >= 15 is 0 Å². The Kier molecular flexibility index (Phi) is 5.20. The molecule has 27 heavy (non-hydrogen) atoms. The number of carbonyl (C=O) groups excluding carboxylic acids is 1. The maximum absolute atomic E-state index is 12.7. The molecule has 0 N–H and O–H groups in total. The molecule has 1 atom stereocenters.